The Bertz CT molecular complexity index is 1210. The van der Waals surface area contributed by atoms with Gasteiger partial charge in [-0.2, -0.15) is 5.10 Å². The van der Waals surface area contributed by atoms with Gasteiger partial charge in [-0.05, 0) is 38.7 Å². The number of anilines is 1. The lowest BCUT2D eigenvalue weighted by Crippen LogP contribution is -2.31. The molecule has 0 aromatic carbocycles. The highest BCUT2D eigenvalue weighted by atomic mass is 19.1. The van der Waals surface area contributed by atoms with E-state index in [4.69, 9.17) is 15.2 Å². The lowest BCUT2D eigenvalue weighted by molar-refractivity contribution is 0.0528. The standard InChI is InChI=1S/C21H22F2N6O3/c1-2-31-19(30)13-9-26-29-10-15(23)16(27-17(13)29)28-21(5-6-21)14-7-12(22)8-25-18(14)32-11-20(24)3-4-20/h7-10H,2-6,11,24H2,1H3,(H,27,28). The predicted molar refractivity (Wildman–Crippen MR) is 109 cm³/mol. The fourth-order valence-corrected chi connectivity index (χ4v) is 3.54. The van der Waals surface area contributed by atoms with Crippen LogP contribution in [0.25, 0.3) is 5.65 Å². The molecule has 0 aliphatic heterocycles. The van der Waals surface area contributed by atoms with Gasteiger partial charge in [-0.3, -0.25) is 0 Å². The van der Waals surface area contributed by atoms with Crippen molar-refractivity contribution in [3.05, 3.63) is 47.4 Å². The van der Waals surface area contributed by atoms with Crippen LogP contribution < -0.4 is 15.8 Å². The molecule has 0 atom stereocenters. The van der Waals surface area contributed by atoms with E-state index in [2.05, 4.69) is 20.4 Å². The Hall–Kier alpha value is -3.34. The molecule has 3 aromatic heterocycles. The van der Waals surface area contributed by atoms with Gasteiger partial charge in [0.25, 0.3) is 0 Å². The molecule has 3 heterocycles. The highest BCUT2D eigenvalue weighted by Gasteiger charge is 2.48. The van der Waals surface area contributed by atoms with Crippen LogP contribution in [-0.2, 0) is 10.3 Å². The molecule has 0 unspecified atom stereocenters. The lowest BCUT2D eigenvalue weighted by Gasteiger charge is -2.22. The van der Waals surface area contributed by atoms with E-state index in [1.165, 1.54) is 16.8 Å². The molecular formula is C21H22F2N6O3. The summed E-state index contributed by atoms with van der Waals surface area (Å²) in [5.41, 5.74) is 5.67. The quantitative estimate of drug-likeness (QED) is 0.509. The summed E-state index contributed by atoms with van der Waals surface area (Å²) in [5, 5.41) is 7.04. The maximum atomic E-state index is 14.8. The van der Waals surface area contributed by atoms with Gasteiger partial charge in [0.2, 0.25) is 5.88 Å². The summed E-state index contributed by atoms with van der Waals surface area (Å²) in [6, 6.07) is 1.33. The third kappa shape index (κ3) is 3.72. The van der Waals surface area contributed by atoms with Crippen molar-refractivity contribution in [3.63, 3.8) is 0 Å². The second-order valence-electron chi connectivity index (χ2n) is 8.35. The van der Waals surface area contributed by atoms with Crippen molar-refractivity contribution >= 4 is 17.4 Å². The maximum Gasteiger partial charge on any atom is 0.343 e. The largest absolute Gasteiger partial charge is 0.475 e. The monoisotopic (exact) mass is 444 g/mol. The number of rotatable bonds is 8. The van der Waals surface area contributed by atoms with Crippen LogP contribution in [0.4, 0.5) is 14.6 Å². The number of carbonyl (C=O) groups is 1. The summed E-state index contributed by atoms with van der Waals surface area (Å²) in [5.74, 6) is -1.64. The van der Waals surface area contributed by atoms with E-state index >= 15 is 0 Å². The molecule has 2 aliphatic carbocycles. The van der Waals surface area contributed by atoms with Gasteiger partial charge >= 0.3 is 5.97 Å². The number of aromatic nitrogens is 4. The minimum Gasteiger partial charge on any atom is -0.475 e. The van der Waals surface area contributed by atoms with Gasteiger partial charge in [0.05, 0.1) is 36.3 Å². The summed E-state index contributed by atoms with van der Waals surface area (Å²) in [6.45, 7) is 2.14. The molecule has 32 heavy (non-hydrogen) atoms. The first kappa shape index (κ1) is 20.6. The second kappa shape index (κ2) is 7.37. The summed E-state index contributed by atoms with van der Waals surface area (Å²) < 4.78 is 40.9. The van der Waals surface area contributed by atoms with Gasteiger partial charge in [0, 0.05) is 5.56 Å². The zero-order valence-electron chi connectivity index (χ0n) is 17.4. The average molecular weight is 444 g/mol. The molecule has 0 saturated heterocycles. The van der Waals surface area contributed by atoms with E-state index in [0.717, 1.165) is 25.2 Å². The molecule has 2 saturated carbocycles. The Balaban J connectivity index is 1.47. The summed E-state index contributed by atoms with van der Waals surface area (Å²) in [4.78, 5) is 20.5. The Labute approximate surface area is 181 Å². The Morgan fingerprint density at radius 2 is 2.06 bits per heavy atom. The molecule has 9 nitrogen and oxygen atoms in total. The van der Waals surface area contributed by atoms with E-state index in [-0.39, 0.29) is 41.7 Å². The molecule has 3 aromatic rings. The van der Waals surface area contributed by atoms with Gasteiger partial charge in [0.15, 0.2) is 17.3 Å². The Morgan fingerprint density at radius 1 is 1.28 bits per heavy atom. The van der Waals surface area contributed by atoms with Gasteiger partial charge < -0.3 is 20.5 Å². The number of ether oxygens (including phenoxy) is 2. The minimum absolute atomic E-state index is 0.0891. The molecule has 5 rings (SSSR count). The normalized spacial score (nSPS) is 17.8. The lowest BCUT2D eigenvalue weighted by atomic mass is 10.1. The number of hydrogen-bond acceptors (Lipinski definition) is 8. The number of pyridine rings is 1. The summed E-state index contributed by atoms with van der Waals surface area (Å²) >= 11 is 0. The van der Waals surface area contributed by atoms with Crippen LogP contribution >= 0.6 is 0 Å². The van der Waals surface area contributed by atoms with E-state index in [1.807, 2.05) is 0 Å². The van der Waals surface area contributed by atoms with Crippen molar-refractivity contribution in [3.8, 4) is 5.88 Å². The van der Waals surface area contributed by atoms with Crippen molar-refractivity contribution < 1.29 is 23.0 Å². The molecule has 2 aliphatic rings. The molecule has 11 heteroatoms. The van der Waals surface area contributed by atoms with Crippen molar-refractivity contribution in [2.24, 2.45) is 5.73 Å². The van der Waals surface area contributed by atoms with E-state index in [9.17, 15) is 13.6 Å². The molecule has 2 fully saturated rings. The first-order valence-corrected chi connectivity index (χ1v) is 10.4. The summed E-state index contributed by atoms with van der Waals surface area (Å²) in [6.07, 6.45) is 6.38. The van der Waals surface area contributed by atoms with E-state index in [1.54, 1.807) is 6.92 Å². The minimum atomic E-state index is -0.800. The average Bonchev–Trinajstić information content (AvgIpc) is 3.66. The Morgan fingerprint density at radius 3 is 2.75 bits per heavy atom. The fourth-order valence-electron chi connectivity index (χ4n) is 3.54. The molecule has 0 amide bonds. The molecule has 0 spiro atoms. The van der Waals surface area contributed by atoms with Crippen LogP contribution in [0, 0.1) is 11.6 Å². The smallest absolute Gasteiger partial charge is 0.343 e. The maximum absolute atomic E-state index is 14.8. The van der Waals surface area contributed by atoms with Crippen LogP contribution in [0.15, 0.2) is 24.7 Å². The highest BCUT2D eigenvalue weighted by molar-refractivity contribution is 5.95. The van der Waals surface area contributed by atoms with Crippen LogP contribution in [0.1, 0.15) is 48.5 Å². The van der Waals surface area contributed by atoms with Crippen molar-refractivity contribution in [2.75, 3.05) is 18.5 Å². The van der Waals surface area contributed by atoms with Gasteiger partial charge in [-0.25, -0.2) is 28.1 Å². The van der Waals surface area contributed by atoms with E-state index < -0.39 is 23.1 Å². The third-order valence-electron chi connectivity index (χ3n) is 5.77. The van der Waals surface area contributed by atoms with Gasteiger partial charge in [-0.1, -0.05) is 0 Å². The molecule has 0 bridgehead atoms. The zero-order chi connectivity index (χ0) is 22.5. The van der Waals surface area contributed by atoms with Crippen LogP contribution in [0.3, 0.4) is 0 Å². The Kier molecular flexibility index (Phi) is 4.73. The first-order chi connectivity index (χ1) is 15.3. The predicted octanol–water partition coefficient (Wildman–Crippen LogP) is 2.55. The SMILES string of the molecule is CCOC(=O)c1cnn2cc(F)c(NC3(c4cc(F)cnc4OCC4(N)CC4)CC3)nc12. The van der Waals surface area contributed by atoms with Gasteiger partial charge in [-0.15, -0.1) is 0 Å². The number of nitrogens with two attached hydrogens (primary N) is 1. The number of halogens is 2. The zero-order valence-corrected chi connectivity index (χ0v) is 17.4. The van der Waals surface area contributed by atoms with Crippen molar-refractivity contribution in [2.45, 2.75) is 43.7 Å². The van der Waals surface area contributed by atoms with E-state index in [0.29, 0.717) is 18.4 Å². The number of nitrogens with zero attached hydrogens (tertiary/aromatic N) is 4. The van der Waals surface area contributed by atoms with Crippen molar-refractivity contribution in [1.29, 1.82) is 0 Å². The molecular weight excluding hydrogens is 422 g/mol. The fraction of sp³-hybridized carbons (Fsp3) is 0.429. The number of esters is 1. The van der Waals surface area contributed by atoms with Crippen LogP contribution in [0.2, 0.25) is 0 Å². The third-order valence-corrected chi connectivity index (χ3v) is 5.77. The topological polar surface area (TPSA) is 117 Å². The van der Waals surface area contributed by atoms with Crippen molar-refractivity contribution in [1.82, 2.24) is 19.6 Å². The van der Waals surface area contributed by atoms with Crippen LogP contribution in [-0.4, -0.2) is 44.3 Å². The first-order valence-electron chi connectivity index (χ1n) is 10.4. The molecule has 0 radical (unpaired) electrons. The number of carbonyl (C=O) groups excluding carboxylic acids is 1. The number of fused-ring (bicyclic) bond motifs is 1. The molecule has 168 valence electrons. The highest BCUT2D eigenvalue weighted by Crippen LogP contribution is 2.51. The number of nitrogens with one attached hydrogen (secondary N) is 1. The second-order valence-corrected chi connectivity index (χ2v) is 8.35. The van der Waals surface area contributed by atoms with Crippen LogP contribution in [0.5, 0.6) is 5.88 Å². The molecule has 3 N–H and O–H groups in total. The number of hydrogen-bond donors (Lipinski definition) is 2. The van der Waals surface area contributed by atoms with Gasteiger partial charge in [0.1, 0.15) is 18.0 Å². The summed E-state index contributed by atoms with van der Waals surface area (Å²) in [7, 11) is 0.